The van der Waals surface area contributed by atoms with E-state index >= 15 is 0 Å². The van der Waals surface area contributed by atoms with E-state index in [0.717, 1.165) is 6.42 Å². The minimum absolute atomic E-state index is 0.100. The maximum Gasteiger partial charge on any atom is 0.337 e. The Balaban J connectivity index is 1.64. The lowest BCUT2D eigenvalue weighted by atomic mass is 10.2. The van der Waals surface area contributed by atoms with Crippen LogP contribution in [0, 0.1) is 6.92 Å². The zero-order valence-electron chi connectivity index (χ0n) is 14.2. The van der Waals surface area contributed by atoms with E-state index in [1.54, 1.807) is 6.92 Å². The molecule has 0 saturated heterocycles. The van der Waals surface area contributed by atoms with Crippen molar-refractivity contribution in [2.24, 2.45) is 0 Å². The molecule has 1 amide bonds. The molecule has 6 nitrogen and oxygen atoms in total. The lowest BCUT2D eigenvalue weighted by Gasteiger charge is -2.07. The van der Waals surface area contributed by atoms with E-state index in [4.69, 9.17) is 9.84 Å². The molecule has 6 heteroatoms. The Bertz CT molecular complexity index is 717. The number of carboxylic acid groups (broad SMARTS) is 1. The van der Waals surface area contributed by atoms with E-state index in [9.17, 15) is 9.59 Å². The number of carbonyl (C=O) groups excluding carboxylic acids is 1. The molecule has 1 aromatic heterocycles. The number of amides is 1. The first-order valence-electron chi connectivity index (χ1n) is 8.18. The van der Waals surface area contributed by atoms with Gasteiger partial charge >= 0.3 is 5.97 Å². The third-order valence-corrected chi connectivity index (χ3v) is 3.68. The molecule has 132 valence electrons. The van der Waals surface area contributed by atoms with Crippen LogP contribution < -0.4 is 5.32 Å². The molecule has 0 fully saturated rings. The van der Waals surface area contributed by atoms with Crippen LogP contribution in [0.4, 0.5) is 0 Å². The monoisotopic (exact) mass is 342 g/mol. The van der Waals surface area contributed by atoms with E-state index in [1.165, 1.54) is 17.7 Å². The number of carbonyl (C=O) groups is 2. The Labute approximate surface area is 146 Å². The van der Waals surface area contributed by atoms with Crippen molar-refractivity contribution in [2.75, 3.05) is 19.8 Å². The highest BCUT2D eigenvalue weighted by atomic mass is 16.5. The van der Waals surface area contributed by atoms with Crippen LogP contribution in [0.25, 0.3) is 0 Å². The first-order chi connectivity index (χ1) is 12.1. The normalized spacial score (nSPS) is 10.4. The summed E-state index contributed by atoms with van der Waals surface area (Å²) in [6.07, 6.45) is 1.57. The molecule has 0 aliphatic rings. The van der Waals surface area contributed by atoms with E-state index in [2.05, 4.69) is 22.4 Å². The molecule has 0 aliphatic carbocycles. The van der Waals surface area contributed by atoms with Crippen LogP contribution >= 0.6 is 0 Å². The topological polar surface area (TPSA) is 88.5 Å². The third kappa shape index (κ3) is 6.00. The predicted octanol–water partition coefficient (Wildman–Crippen LogP) is 2.47. The second-order valence-corrected chi connectivity index (χ2v) is 5.59. The average molecular weight is 342 g/mol. The fraction of sp³-hybridized carbons (Fsp3) is 0.316. The Hall–Kier alpha value is -2.73. The predicted molar refractivity (Wildman–Crippen MR) is 93.8 cm³/mol. The van der Waals surface area contributed by atoms with Gasteiger partial charge in [0, 0.05) is 13.2 Å². The van der Waals surface area contributed by atoms with Crippen molar-refractivity contribution in [3.8, 4) is 0 Å². The molecule has 0 spiro atoms. The molecule has 0 radical (unpaired) electrons. The largest absolute Gasteiger partial charge is 0.478 e. The summed E-state index contributed by atoms with van der Waals surface area (Å²) in [7, 11) is 0. The Morgan fingerprint density at radius 2 is 1.88 bits per heavy atom. The second kappa shape index (κ2) is 9.54. The Kier molecular flexibility index (Phi) is 7.10. The SMILES string of the molecule is Cc1nc(C(=O)NCCCOCCc2ccccc2)ccc1C(=O)O. The second-order valence-electron chi connectivity index (χ2n) is 5.59. The van der Waals surface area contributed by atoms with Gasteiger partial charge in [-0.05, 0) is 37.5 Å². The number of benzene rings is 1. The molecule has 0 saturated carbocycles. The molecule has 2 N–H and O–H groups in total. The van der Waals surface area contributed by atoms with Gasteiger partial charge in [0.15, 0.2) is 0 Å². The number of carboxylic acids is 1. The van der Waals surface area contributed by atoms with Gasteiger partial charge in [0.1, 0.15) is 5.69 Å². The molecular formula is C19H22N2O4. The molecule has 2 rings (SSSR count). The number of nitrogens with zero attached hydrogens (tertiary/aromatic N) is 1. The van der Waals surface area contributed by atoms with Crippen molar-refractivity contribution in [1.29, 1.82) is 0 Å². The van der Waals surface area contributed by atoms with Crippen molar-refractivity contribution in [1.82, 2.24) is 10.3 Å². The Morgan fingerprint density at radius 3 is 2.56 bits per heavy atom. The van der Waals surface area contributed by atoms with Crippen LogP contribution in [-0.4, -0.2) is 41.7 Å². The van der Waals surface area contributed by atoms with Crippen LogP contribution in [-0.2, 0) is 11.2 Å². The summed E-state index contributed by atoms with van der Waals surface area (Å²) in [6.45, 7) is 3.26. The van der Waals surface area contributed by atoms with Gasteiger partial charge in [-0.25, -0.2) is 9.78 Å². The summed E-state index contributed by atoms with van der Waals surface area (Å²) in [5, 5.41) is 11.7. The van der Waals surface area contributed by atoms with Gasteiger partial charge in [-0.2, -0.15) is 0 Å². The minimum Gasteiger partial charge on any atom is -0.478 e. The number of aromatic nitrogens is 1. The molecule has 1 heterocycles. The summed E-state index contributed by atoms with van der Waals surface area (Å²) in [5.41, 5.74) is 1.88. The zero-order valence-corrected chi connectivity index (χ0v) is 14.2. The van der Waals surface area contributed by atoms with Crippen molar-refractivity contribution >= 4 is 11.9 Å². The van der Waals surface area contributed by atoms with Crippen LogP contribution in [0.5, 0.6) is 0 Å². The first-order valence-corrected chi connectivity index (χ1v) is 8.18. The smallest absolute Gasteiger partial charge is 0.337 e. The minimum atomic E-state index is -1.05. The highest BCUT2D eigenvalue weighted by Crippen LogP contribution is 2.07. The molecule has 0 atom stereocenters. The number of hydrogen-bond acceptors (Lipinski definition) is 4. The van der Waals surface area contributed by atoms with Gasteiger partial charge < -0.3 is 15.2 Å². The molecule has 2 aromatic rings. The number of nitrogens with one attached hydrogen (secondary N) is 1. The van der Waals surface area contributed by atoms with E-state index < -0.39 is 5.97 Å². The van der Waals surface area contributed by atoms with Gasteiger partial charge in [0.05, 0.1) is 17.9 Å². The van der Waals surface area contributed by atoms with Crippen molar-refractivity contribution in [3.63, 3.8) is 0 Å². The van der Waals surface area contributed by atoms with Crippen LogP contribution in [0.3, 0.4) is 0 Å². The maximum absolute atomic E-state index is 12.0. The number of pyridine rings is 1. The van der Waals surface area contributed by atoms with Gasteiger partial charge in [0.25, 0.3) is 5.91 Å². The third-order valence-electron chi connectivity index (χ3n) is 3.68. The first kappa shape index (κ1) is 18.6. The molecule has 1 aromatic carbocycles. The molecule has 0 aliphatic heterocycles. The van der Waals surface area contributed by atoms with Crippen LogP contribution in [0.15, 0.2) is 42.5 Å². The van der Waals surface area contributed by atoms with Gasteiger partial charge in [-0.3, -0.25) is 4.79 Å². The van der Waals surface area contributed by atoms with Gasteiger partial charge in [0.2, 0.25) is 0 Å². The van der Waals surface area contributed by atoms with Gasteiger partial charge in [-0.15, -0.1) is 0 Å². The summed E-state index contributed by atoms with van der Waals surface area (Å²) in [6, 6.07) is 12.9. The highest BCUT2D eigenvalue weighted by molar-refractivity contribution is 5.94. The quantitative estimate of drug-likeness (QED) is 0.684. The van der Waals surface area contributed by atoms with Crippen LogP contribution in [0.2, 0.25) is 0 Å². The number of rotatable bonds is 9. The summed E-state index contributed by atoms with van der Waals surface area (Å²) < 4.78 is 5.55. The summed E-state index contributed by atoms with van der Waals surface area (Å²) in [4.78, 5) is 27.0. The lowest BCUT2D eigenvalue weighted by Crippen LogP contribution is -2.26. The lowest BCUT2D eigenvalue weighted by molar-refractivity contribution is 0.0694. The standard InChI is InChI=1S/C19H22N2O4/c1-14-16(19(23)24)8-9-17(21-14)18(22)20-11-5-12-25-13-10-15-6-3-2-4-7-15/h2-4,6-9H,5,10-13H2,1H3,(H,20,22)(H,23,24). The summed E-state index contributed by atoms with van der Waals surface area (Å²) >= 11 is 0. The summed E-state index contributed by atoms with van der Waals surface area (Å²) in [5.74, 6) is -1.37. The maximum atomic E-state index is 12.0. The molecular weight excluding hydrogens is 320 g/mol. The highest BCUT2D eigenvalue weighted by Gasteiger charge is 2.12. The van der Waals surface area contributed by atoms with Crippen LogP contribution in [0.1, 0.15) is 38.5 Å². The number of aromatic carboxylic acids is 1. The fourth-order valence-corrected chi connectivity index (χ4v) is 2.32. The Morgan fingerprint density at radius 1 is 1.12 bits per heavy atom. The molecule has 0 unspecified atom stereocenters. The van der Waals surface area contributed by atoms with E-state index in [1.807, 2.05) is 18.2 Å². The molecule has 25 heavy (non-hydrogen) atoms. The number of aryl methyl sites for hydroxylation is 1. The fourth-order valence-electron chi connectivity index (χ4n) is 2.32. The van der Waals surface area contributed by atoms with Crippen molar-refractivity contribution in [2.45, 2.75) is 19.8 Å². The van der Waals surface area contributed by atoms with E-state index in [-0.39, 0.29) is 17.2 Å². The van der Waals surface area contributed by atoms with Crippen molar-refractivity contribution in [3.05, 3.63) is 65.0 Å². The van der Waals surface area contributed by atoms with Crippen molar-refractivity contribution < 1.29 is 19.4 Å². The van der Waals surface area contributed by atoms with Gasteiger partial charge in [-0.1, -0.05) is 30.3 Å². The zero-order chi connectivity index (χ0) is 18.1. The van der Waals surface area contributed by atoms with E-state index in [0.29, 0.717) is 31.9 Å². The average Bonchev–Trinajstić information content (AvgIpc) is 2.61. The number of hydrogen-bond donors (Lipinski definition) is 2. The number of ether oxygens (including phenoxy) is 1. The molecule has 0 bridgehead atoms.